The largest absolute Gasteiger partial charge is 1.00 e. The summed E-state index contributed by atoms with van der Waals surface area (Å²) < 4.78 is 22.8. The second kappa shape index (κ2) is 6.23. The van der Waals surface area contributed by atoms with Gasteiger partial charge in [0.15, 0.2) is 11.9 Å². The van der Waals surface area contributed by atoms with E-state index >= 15 is 0 Å². The molecule has 0 aliphatic carbocycles. The molecule has 0 bridgehead atoms. The van der Waals surface area contributed by atoms with Gasteiger partial charge in [-0.25, -0.2) is 9.09 Å². The molecule has 1 aromatic heterocycles. The normalized spacial score (nSPS) is 10.8. The summed E-state index contributed by atoms with van der Waals surface area (Å²) in [5.74, 6) is 0.539. The van der Waals surface area contributed by atoms with Gasteiger partial charge in [-0.3, -0.25) is 0 Å². The maximum Gasteiger partial charge on any atom is 0.749 e. The number of aromatic nitrogens is 1. The van der Waals surface area contributed by atoms with Gasteiger partial charge in [0.2, 0.25) is 5.52 Å². The number of aryl methyl sites for hydroxylation is 1. The molecule has 0 amide bonds. The molecule has 2 aromatic rings. The maximum atomic E-state index is 11.1. The summed E-state index contributed by atoms with van der Waals surface area (Å²) >= 11 is 0. The molecule has 0 aliphatic rings. The van der Waals surface area contributed by atoms with Crippen molar-refractivity contribution < 1.29 is 42.2 Å². The van der Waals surface area contributed by atoms with Crippen LogP contribution in [0.25, 0.3) is 10.9 Å². The van der Waals surface area contributed by atoms with Crippen LogP contribution in [0, 0.1) is 0 Å². The van der Waals surface area contributed by atoms with E-state index in [0.29, 0.717) is 5.75 Å². The van der Waals surface area contributed by atoms with Gasteiger partial charge >= 0.3 is 8.25 Å². The number of hydrogen-bond donors (Lipinski definition) is 0. The molecule has 90 valence electrons. The molecule has 1 atom stereocenters. The highest BCUT2D eigenvalue weighted by atomic mass is 127. The number of pyridine rings is 1. The number of halogens is 1. The van der Waals surface area contributed by atoms with Crippen LogP contribution < -0.4 is 33.1 Å². The zero-order valence-electron chi connectivity index (χ0n) is 9.46. The molecule has 2 rings (SSSR count). The SMILES string of the molecule is CO[P+](=O)Oc1ccc2ccc[n+](C)c2c1.[I-]. The Kier molecular flexibility index (Phi) is 5.24. The van der Waals surface area contributed by atoms with E-state index in [1.807, 2.05) is 42.1 Å². The first kappa shape index (κ1) is 14.3. The molecule has 4 nitrogen and oxygen atoms in total. The Labute approximate surface area is 118 Å². The molecule has 0 radical (unpaired) electrons. The summed E-state index contributed by atoms with van der Waals surface area (Å²) in [6.45, 7) is 0. The summed E-state index contributed by atoms with van der Waals surface area (Å²) in [6, 6.07) is 9.51. The average Bonchev–Trinajstić information content (AvgIpc) is 2.30. The van der Waals surface area contributed by atoms with E-state index < -0.39 is 8.25 Å². The van der Waals surface area contributed by atoms with Crippen LogP contribution in [0.4, 0.5) is 0 Å². The highest BCUT2D eigenvalue weighted by molar-refractivity contribution is 7.33. The van der Waals surface area contributed by atoms with Crippen LogP contribution in [-0.4, -0.2) is 7.11 Å². The lowest BCUT2D eigenvalue weighted by Gasteiger charge is -1.96. The van der Waals surface area contributed by atoms with Crippen molar-refractivity contribution in [2.45, 2.75) is 0 Å². The molecule has 0 aliphatic heterocycles. The predicted molar refractivity (Wildman–Crippen MR) is 60.4 cm³/mol. The van der Waals surface area contributed by atoms with E-state index in [1.54, 1.807) is 6.07 Å². The summed E-state index contributed by atoms with van der Waals surface area (Å²) in [6.07, 6.45) is 1.95. The number of benzene rings is 1. The highest BCUT2D eigenvalue weighted by Crippen LogP contribution is 2.28. The summed E-state index contributed by atoms with van der Waals surface area (Å²) in [5, 5.41) is 1.10. The Hall–Kier alpha value is -0.780. The van der Waals surface area contributed by atoms with Gasteiger partial charge in [0.25, 0.3) is 0 Å². The maximum absolute atomic E-state index is 11.1. The van der Waals surface area contributed by atoms with Crippen LogP contribution in [-0.2, 0) is 16.1 Å². The van der Waals surface area contributed by atoms with Gasteiger partial charge in [-0.2, -0.15) is 0 Å². The van der Waals surface area contributed by atoms with Gasteiger partial charge in [0, 0.05) is 16.0 Å². The minimum atomic E-state index is -2.08. The van der Waals surface area contributed by atoms with Crippen molar-refractivity contribution in [3.05, 3.63) is 36.5 Å². The molecule has 0 N–H and O–H groups in total. The highest BCUT2D eigenvalue weighted by Gasteiger charge is 2.20. The Morgan fingerprint density at radius 2 is 2.06 bits per heavy atom. The molecule has 6 heteroatoms. The molecule has 1 unspecified atom stereocenters. The lowest BCUT2D eigenvalue weighted by atomic mass is 10.2. The number of nitrogens with zero attached hydrogens (tertiary/aromatic N) is 1. The van der Waals surface area contributed by atoms with Gasteiger partial charge in [-0.15, -0.1) is 4.52 Å². The first-order valence-electron chi connectivity index (χ1n) is 4.78. The average molecular weight is 364 g/mol. The van der Waals surface area contributed by atoms with E-state index in [4.69, 9.17) is 4.52 Å². The standard InChI is InChI=1S/C11H12NO3P.HI/c1-12-7-3-4-9-5-6-10(8-11(9)12)15-16(13)14-2;/h3-8H,1-2H3;1H/q+2;/p-1. The zero-order valence-corrected chi connectivity index (χ0v) is 12.5. The Morgan fingerprint density at radius 3 is 2.76 bits per heavy atom. The van der Waals surface area contributed by atoms with Gasteiger partial charge in [0.1, 0.15) is 7.05 Å². The Balaban J connectivity index is 0.00000144. The first-order valence-corrected chi connectivity index (χ1v) is 5.88. The first-order chi connectivity index (χ1) is 7.70. The van der Waals surface area contributed by atoms with Crippen LogP contribution >= 0.6 is 8.25 Å². The molecule has 0 spiro atoms. The third kappa shape index (κ3) is 3.34. The second-order valence-corrected chi connectivity index (χ2v) is 4.33. The van der Waals surface area contributed by atoms with E-state index in [-0.39, 0.29) is 24.0 Å². The van der Waals surface area contributed by atoms with Gasteiger partial charge < -0.3 is 24.0 Å². The summed E-state index contributed by atoms with van der Waals surface area (Å²) in [4.78, 5) is 0. The smallest absolute Gasteiger partial charge is 0.749 e. The van der Waals surface area contributed by atoms with Crippen molar-refractivity contribution in [2.24, 2.45) is 7.05 Å². The fourth-order valence-electron chi connectivity index (χ4n) is 1.51. The number of rotatable bonds is 3. The minimum Gasteiger partial charge on any atom is -1.00 e. The lowest BCUT2D eigenvalue weighted by molar-refractivity contribution is -0.644. The van der Waals surface area contributed by atoms with Crippen LogP contribution in [0.15, 0.2) is 36.5 Å². The summed E-state index contributed by atoms with van der Waals surface area (Å²) in [5.41, 5.74) is 1.01. The lowest BCUT2D eigenvalue weighted by Crippen LogP contribution is -3.00. The zero-order chi connectivity index (χ0) is 11.5. The molecule has 17 heavy (non-hydrogen) atoms. The molecule has 1 heterocycles. The van der Waals surface area contributed by atoms with E-state index in [2.05, 4.69) is 4.52 Å². The van der Waals surface area contributed by atoms with E-state index in [1.165, 1.54) is 7.11 Å². The topological polar surface area (TPSA) is 39.4 Å². The third-order valence-electron chi connectivity index (χ3n) is 2.30. The van der Waals surface area contributed by atoms with Crippen molar-refractivity contribution >= 4 is 19.2 Å². The van der Waals surface area contributed by atoms with Crippen molar-refractivity contribution in [1.29, 1.82) is 0 Å². The second-order valence-electron chi connectivity index (χ2n) is 3.34. The third-order valence-corrected chi connectivity index (χ3v) is 2.95. The fourth-order valence-corrected chi connectivity index (χ4v) is 1.87. The quantitative estimate of drug-likeness (QED) is 0.413. The molecule has 0 fully saturated rings. The van der Waals surface area contributed by atoms with Crippen LogP contribution in [0.3, 0.4) is 0 Å². The van der Waals surface area contributed by atoms with Crippen molar-refractivity contribution in [3.63, 3.8) is 0 Å². The van der Waals surface area contributed by atoms with E-state index in [9.17, 15) is 4.57 Å². The minimum absolute atomic E-state index is 0. The number of hydrogen-bond acceptors (Lipinski definition) is 3. The molecular formula is C11H12INO3P+. The van der Waals surface area contributed by atoms with Crippen molar-refractivity contribution in [1.82, 2.24) is 0 Å². The summed E-state index contributed by atoms with van der Waals surface area (Å²) in [7, 11) is 1.21. The van der Waals surface area contributed by atoms with E-state index in [0.717, 1.165) is 10.9 Å². The molecule has 0 saturated heterocycles. The van der Waals surface area contributed by atoms with Crippen molar-refractivity contribution in [2.75, 3.05) is 7.11 Å². The molecule has 0 saturated carbocycles. The van der Waals surface area contributed by atoms with Crippen molar-refractivity contribution in [3.8, 4) is 5.75 Å². The Bertz CT molecular complexity index is 547. The van der Waals surface area contributed by atoms with Gasteiger partial charge in [-0.05, 0) is 18.2 Å². The van der Waals surface area contributed by atoms with Gasteiger partial charge in [-0.1, -0.05) is 0 Å². The monoisotopic (exact) mass is 364 g/mol. The number of fused-ring (bicyclic) bond motifs is 1. The molecule has 1 aromatic carbocycles. The molecular weight excluding hydrogens is 352 g/mol. The van der Waals surface area contributed by atoms with Crippen LogP contribution in [0.5, 0.6) is 5.75 Å². The predicted octanol–water partition coefficient (Wildman–Crippen LogP) is -0.649. The van der Waals surface area contributed by atoms with Crippen LogP contribution in [0.1, 0.15) is 0 Å². The van der Waals surface area contributed by atoms with Crippen LogP contribution in [0.2, 0.25) is 0 Å². The fraction of sp³-hybridized carbons (Fsp3) is 0.182. The Morgan fingerprint density at radius 1 is 1.29 bits per heavy atom. The van der Waals surface area contributed by atoms with Gasteiger partial charge in [0.05, 0.1) is 13.2 Å².